The van der Waals surface area contributed by atoms with Gasteiger partial charge in [-0.2, -0.15) is 0 Å². The molecule has 0 heterocycles. The number of anilines is 2. The first-order chi connectivity index (χ1) is 19.0. The van der Waals surface area contributed by atoms with Gasteiger partial charge in [-0.05, 0) is 78.4 Å². The van der Waals surface area contributed by atoms with Gasteiger partial charge in [0.15, 0.2) is 0 Å². The summed E-state index contributed by atoms with van der Waals surface area (Å²) in [7, 11) is 0. The first-order valence-electron chi connectivity index (χ1n) is 12.8. The predicted molar refractivity (Wildman–Crippen MR) is 157 cm³/mol. The van der Waals surface area contributed by atoms with Crippen LogP contribution in [0.4, 0.5) is 16.2 Å². The van der Waals surface area contributed by atoms with Crippen LogP contribution >= 0.6 is 0 Å². The first kappa shape index (κ1) is 25.5. The molecule has 0 aliphatic carbocycles. The molecule has 39 heavy (non-hydrogen) atoms. The zero-order valence-corrected chi connectivity index (χ0v) is 21.6. The maximum absolute atomic E-state index is 13.3. The lowest BCUT2D eigenvalue weighted by Gasteiger charge is -2.24. The van der Waals surface area contributed by atoms with E-state index in [1.54, 1.807) is 4.90 Å². The summed E-state index contributed by atoms with van der Waals surface area (Å²) in [5.41, 5.74) is 3.06. The van der Waals surface area contributed by atoms with Crippen LogP contribution in [0.25, 0.3) is 10.8 Å². The number of amides is 3. The van der Waals surface area contributed by atoms with Crippen molar-refractivity contribution in [1.29, 1.82) is 0 Å². The Morgan fingerprint density at radius 1 is 0.718 bits per heavy atom. The highest BCUT2D eigenvalue weighted by atomic mass is 16.5. The molecule has 0 aliphatic heterocycles. The van der Waals surface area contributed by atoms with Crippen LogP contribution in [0.2, 0.25) is 0 Å². The van der Waals surface area contributed by atoms with Crippen LogP contribution in [0.5, 0.6) is 11.5 Å². The highest BCUT2D eigenvalue weighted by Crippen LogP contribution is 2.25. The van der Waals surface area contributed by atoms with Crippen molar-refractivity contribution in [3.63, 3.8) is 0 Å². The monoisotopic (exact) mass is 515 g/mol. The maximum Gasteiger partial charge on any atom is 0.326 e. The number of fused-ring (bicyclic) bond motifs is 1. The van der Waals surface area contributed by atoms with E-state index in [9.17, 15) is 9.59 Å². The summed E-state index contributed by atoms with van der Waals surface area (Å²) in [5, 5.41) is 7.98. The summed E-state index contributed by atoms with van der Waals surface area (Å²) < 4.78 is 5.90. The van der Waals surface area contributed by atoms with Crippen LogP contribution in [0.3, 0.4) is 0 Å². The third-order valence-corrected chi connectivity index (χ3v) is 6.31. The van der Waals surface area contributed by atoms with Crippen LogP contribution in [0, 0.1) is 6.92 Å². The van der Waals surface area contributed by atoms with Crippen molar-refractivity contribution in [3.05, 3.63) is 132 Å². The molecule has 0 saturated heterocycles. The van der Waals surface area contributed by atoms with Crippen molar-refractivity contribution in [1.82, 2.24) is 5.32 Å². The van der Waals surface area contributed by atoms with Gasteiger partial charge in [-0.1, -0.05) is 66.2 Å². The van der Waals surface area contributed by atoms with E-state index in [4.69, 9.17) is 4.74 Å². The second-order valence-electron chi connectivity index (χ2n) is 9.17. The SMILES string of the molecule is Cc1ccc(NC(=O)N(CCNC(=O)c2ccc3ccccc3c2)c2ccc(Oc3ccccc3)cc2)cc1. The molecule has 6 nitrogen and oxygen atoms in total. The standard InChI is InChI=1S/C33H29N3O3/c1-24-11-15-28(16-12-24)35-33(38)36(29-17-19-31(20-18-29)39-30-9-3-2-4-10-30)22-21-34-32(37)27-14-13-25-7-5-6-8-26(25)23-27/h2-20,23H,21-22H2,1H3,(H,34,37)(H,35,38). The van der Waals surface area contributed by atoms with Gasteiger partial charge in [-0.25, -0.2) is 4.79 Å². The molecule has 5 aromatic carbocycles. The molecule has 5 aromatic rings. The molecule has 2 N–H and O–H groups in total. The van der Waals surface area contributed by atoms with Crippen LogP contribution < -0.4 is 20.3 Å². The molecule has 0 saturated carbocycles. The summed E-state index contributed by atoms with van der Waals surface area (Å²) in [6.07, 6.45) is 0. The normalized spacial score (nSPS) is 10.6. The highest BCUT2D eigenvalue weighted by molar-refractivity contribution is 6.02. The Morgan fingerprint density at radius 2 is 1.38 bits per heavy atom. The summed E-state index contributed by atoms with van der Waals surface area (Å²) in [6, 6.07) is 37.7. The molecule has 0 atom stereocenters. The largest absolute Gasteiger partial charge is 0.457 e. The lowest BCUT2D eigenvalue weighted by molar-refractivity contribution is 0.0954. The number of hydrogen-bond donors (Lipinski definition) is 2. The van der Waals surface area contributed by atoms with E-state index >= 15 is 0 Å². The molecule has 0 unspecified atom stereocenters. The van der Waals surface area contributed by atoms with Crippen LogP contribution in [-0.4, -0.2) is 25.0 Å². The maximum atomic E-state index is 13.3. The van der Waals surface area contributed by atoms with Gasteiger partial charge < -0.3 is 15.4 Å². The minimum atomic E-state index is -0.296. The fourth-order valence-corrected chi connectivity index (χ4v) is 4.21. The molecule has 0 fully saturated rings. The van der Waals surface area contributed by atoms with Gasteiger partial charge in [0.1, 0.15) is 11.5 Å². The number of benzene rings is 5. The molecular weight excluding hydrogens is 486 g/mol. The minimum absolute atomic E-state index is 0.189. The zero-order valence-electron chi connectivity index (χ0n) is 21.6. The number of nitrogens with one attached hydrogen (secondary N) is 2. The second-order valence-corrected chi connectivity index (χ2v) is 9.17. The first-order valence-corrected chi connectivity index (χ1v) is 12.8. The molecule has 3 amide bonds. The summed E-state index contributed by atoms with van der Waals surface area (Å²) in [5.74, 6) is 1.20. The van der Waals surface area contributed by atoms with Crippen molar-refractivity contribution in [3.8, 4) is 11.5 Å². The number of carbonyl (C=O) groups is 2. The highest BCUT2D eigenvalue weighted by Gasteiger charge is 2.17. The van der Waals surface area contributed by atoms with Crippen molar-refractivity contribution in [2.24, 2.45) is 0 Å². The third kappa shape index (κ3) is 6.62. The average molecular weight is 516 g/mol. The van der Waals surface area contributed by atoms with Gasteiger partial charge in [-0.15, -0.1) is 0 Å². The Morgan fingerprint density at radius 3 is 2.13 bits per heavy atom. The molecule has 0 bridgehead atoms. The number of aryl methyl sites for hydroxylation is 1. The zero-order chi connectivity index (χ0) is 27.0. The van der Waals surface area contributed by atoms with Gasteiger partial charge in [0.05, 0.1) is 0 Å². The van der Waals surface area contributed by atoms with E-state index in [1.165, 1.54) is 0 Å². The minimum Gasteiger partial charge on any atom is -0.457 e. The van der Waals surface area contributed by atoms with Gasteiger partial charge in [-0.3, -0.25) is 9.69 Å². The van der Waals surface area contributed by atoms with Gasteiger partial charge >= 0.3 is 6.03 Å². The number of nitrogens with zero attached hydrogens (tertiary/aromatic N) is 1. The van der Waals surface area contributed by atoms with Crippen LogP contribution in [0.1, 0.15) is 15.9 Å². The van der Waals surface area contributed by atoms with E-state index in [0.717, 1.165) is 22.1 Å². The number of hydrogen-bond acceptors (Lipinski definition) is 3. The molecular formula is C33H29N3O3. The molecule has 5 rings (SSSR count). The van der Waals surface area contributed by atoms with Crippen molar-refractivity contribution < 1.29 is 14.3 Å². The quantitative estimate of drug-likeness (QED) is 0.226. The van der Waals surface area contributed by atoms with Gasteiger partial charge in [0, 0.05) is 30.0 Å². The van der Waals surface area contributed by atoms with E-state index in [1.807, 2.05) is 128 Å². The fourth-order valence-electron chi connectivity index (χ4n) is 4.21. The topological polar surface area (TPSA) is 70.7 Å². The summed E-state index contributed by atoms with van der Waals surface area (Å²) >= 11 is 0. The second kappa shape index (κ2) is 12.0. The molecule has 0 radical (unpaired) electrons. The molecule has 6 heteroatoms. The third-order valence-electron chi connectivity index (χ3n) is 6.31. The van der Waals surface area contributed by atoms with E-state index in [2.05, 4.69) is 10.6 Å². The Labute approximate surface area is 227 Å². The molecule has 194 valence electrons. The smallest absolute Gasteiger partial charge is 0.326 e. The predicted octanol–water partition coefficient (Wildman–Crippen LogP) is 7.41. The van der Waals surface area contributed by atoms with Gasteiger partial charge in [0.25, 0.3) is 5.91 Å². The number of rotatable bonds is 8. The van der Waals surface area contributed by atoms with Crippen molar-refractivity contribution >= 4 is 34.1 Å². The Hall–Kier alpha value is -5.10. The summed E-state index contributed by atoms with van der Waals surface area (Å²) in [4.78, 5) is 27.8. The van der Waals surface area contributed by atoms with Crippen molar-refractivity contribution in [2.75, 3.05) is 23.3 Å². The Kier molecular flexibility index (Phi) is 7.84. The van der Waals surface area contributed by atoms with Crippen LogP contribution in [0.15, 0.2) is 121 Å². The lowest BCUT2D eigenvalue weighted by atomic mass is 10.1. The lowest BCUT2D eigenvalue weighted by Crippen LogP contribution is -2.41. The van der Waals surface area contributed by atoms with Crippen molar-refractivity contribution in [2.45, 2.75) is 6.92 Å². The summed E-state index contributed by atoms with van der Waals surface area (Å²) in [6.45, 7) is 2.54. The van der Waals surface area contributed by atoms with Gasteiger partial charge in [0.2, 0.25) is 0 Å². The fraction of sp³-hybridized carbons (Fsp3) is 0.0909. The number of ether oxygens (including phenoxy) is 1. The molecule has 0 spiro atoms. The number of carbonyl (C=O) groups excluding carboxylic acids is 2. The average Bonchev–Trinajstić information content (AvgIpc) is 2.97. The Bertz CT molecular complexity index is 1570. The van der Waals surface area contributed by atoms with Crippen LogP contribution in [-0.2, 0) is 0 Å². The van der Waals surface area contributed by atoms with E-state index < -0.39 is 0 Å². The molecule has 0 aliphatic rings. The molecule has 0 aromatic heterocycles. The van der Waals surface area contributed by atoms with E-state index in [0.29, 0.717) is 22.7 Å². The number of urea groups is 1. The van der Waals surface area contributed by atoms with E-state index in [-0.39, 0.29) is 25.0 Å². The Balaban J connectivity index is 1.29. The number of para-hydroxylation sites is 1.